The summed E-state index contributed by atoms with van der Waals surface area (Å²) in [5, 5.41) is 0. The summed E-state index contributed by atoms with van der Waals surface area (Å²) in [7, 11) is 0. The van der Waals surface area contributed by atoms with Crippen molar-refractivity contribution in [2.45, 2.75) is 5.88 Å². The minimum Gasteiger partial charge on any atom is -0.240 e. The Morgan fingerprint density at radius 1 is 1.56 bits per heavy atom. The van der Waals surface area contributed by atoms with Crippen molar-refractivity contribution < 1.29 is 0 Å². The second-order valence-electron chi connectivity index (χ2n) is 1.47. The zero-order valence-electron chi connectivity index (χ0n) is 4.51. The molecule has 0 N–H and O–H groups in total. The van der Waals surface area contributed by atoms with Crippen LogP contribution in [0.5, 0.6) is 0 Å². The molecular formula is C5H4BrClN2. The smallest absolute Gasteiger partial charge is 0.117 e. The third-order valence-corrected chi connectivity index (χ3v) is 1.53. The molecule has 0 amide bonds. The molecule has 0 aliphatic heterocycles. The van der Waals surface area contributed by atoms with Crippen LogP contribution in [-0.4, -0.2) is 9.97 Å². The quantitative estimate of drug-likeness (QED) is 0.520. The van der Waals surface area contributed by atoms with Gasteiger partial charge in [-0.15, -0.1) is 11.6 Å². The van der Waals surface area contributed by atoms with Crippen molar-refractivity contribution in [2.75, 3.05) is 0 Å². The summed E-state index contributed by atoms with van der Waals surface area (Å²) in [5.41, 5.74) is 0.832. The molecule has 4 heteroatoms. The summed E-state index contributed by atoms with van der Waals surface area (Å²) in [5.74, 6) is 0.432. The van der Waals surface area contributed by atoms with E-state index in [1.165, 1.54) is 6.33 Å². The molecule has 0 spiro atoms. The van der Waals surface area contributed by atoms with Crippen molar-refractivity contribution in [1.82, 2.24) is 9.97 Å². The molecule has 2 nitrogen and oxygen atoms in total. The molecule has 0 bridgehead atoms. The predicted octanol–water partition coefficient (Wildman–Crippen LogP) is 1.98. The molecule has 9 heavy (non-hydrogen) atoms. The Hall–Kier alpha value is -0.150. The van der Waals surface area contributed by atoms with E-state index in [1.807, 2.05) is 0 Å². The maximum Gasteiger partial charge on any atom is 0.117 e. The van der Waals surface area contributed by atoms with Gasteiger partial charge in [0.05, 0.1) is 11.6 Å². The fraction of sp³-hybridized carbons (Fsp3) is 0.200. The van der Waals surface area contributed by atoms with Gasteiger partial charge in [0.25, 0.3) is 0 Å². The summed E-state index contributed by atoms with van der Waals surface area (Å²) in [6.45, 7) is 0. The third-order valence-electron chi connectivity index (χ3n) is 0.827. The molecule has 0 aliphatic carbocycles. The van der Waals surface area contributed by atoms with Crippen LogP contribution in [0.3, 0.4) is 0 Å². The van der Waals surface area contributed by atoms with Crippen LogP contribution in [0.25, 0.3) is 0 Å². The Bertz CT molecular complexity index is 204. The van der Waals surface area contributed by atoms with Crippen molar-refractivity contribution in [3.63, 3.8) is 0 Å². The van der Waals surface area contributed by atoms with E-state index in [4.69, 9.17) is 11.6 Å². The lowest BCUT2D eigenvalue weighted by molar-refractivity contribution is 1.06. The van der Waals surface area contributed by atoms with Crippen LogP contribution in [-0.2, 0) is 5.88 Å². The van der Waals surface area contributed by atoms with Crippen LogP contribution in [0.15, 0.2) is 17.0 Å². The summed E-state index contributed by atoms with van der Waals surface area (Å²) in [6, 6.07) is 1.78. The minimum absolute atomic E-state index is 0.432. The fourth-order valence-electron chi connectivity index (χ4n) is 0.443. The van der Waals surface area contributed by atoms with E-state index in [1.54, 1.807) is 6.07 Å². The Balaban J connectivity index is 2.94. The average molecular weight is 207 g/mol. The lowest BCUT2D eigenvalue weighted by Crippen LogP contribution is -1.85. The molecule has 0 saturated heterocycles. The Kier molecular flexibility index (Phi) is 2.42. The molecule has 0 aromatic carbocycles. The first-order chi connectivity index (χ1) is 4.33. The van der Waals surface area contributed by atoms with Gasteiger partial charge in [-0.2, -0.15) is 0 Å². The van der Waals surface area contributed by atoms with E-state index in [2.05, 4.69) is 25.9 Å². The number of hydrogen-bond acceptors (Lipinski definition) is 2. The molecule has 0 unspecified atom stereocenters. The second-order valence-corrected chi connectivity index (χ2v) is 2.55. The molecule has 0 saturated carbocycles. The van der Waals surface area contributed by atoms with Crippen LogP contribution in [0.4, 0.5) is 0 Å². The van der Waals surface area contributed by atoms with Crippen molar-refractivity contribution in [3.05, 3.63) is 22.7 Å². The summed E-state index contributed by atoms with van der Waals surface area (Å²) >= 11 is 8.68. The van der Waals surface area contributed by atoms with Gasteiger partial charge in [0.2, 0.25) is 0 Å². The number of aromatic nitrogens is 2. The lowest BCUT2D eigenvalue weighted by atomic mass is 10.5. The van der Waals surface area contributed by atoms with Gasteiger partial charge >= 0.3 is 0 Å². The standard InChI is InChI=1S/C5H4BrClN2/c6-5-1-4(2-7)8-3-9-5/h1,3H,2H2. The first kappa shape index (κ1) is 6.96. The maximum absolute atomic E-state index is 5.49. The van der Waals surface area contributed by atoms with E-state index in [0.29, 0.717) is 5.88 Å². The van der Waals surface area contributed by atoms with Gasteiger partial charge in [-0.1, -0.05) is 0 Å². The molecule has 0 fully saturated rings. The van der Waals surface area contributed by atoms with Gasteiger partial charge < -0.3 is 0 Å². The predicted molar refractivity (Wildman–Crippen MR) is 39.3 cm³/mol. The summed E-state index contributed by atoms with van der Waals surface area (Å²) in [4.78, 5) is 7.72. The molecule has 1 aromatic rings. The van der Waals surface area contributed by atoms with E-state index < -0.39 is 0 Å². The number of hydrogen-bond donors (Lipinski definition) is 0. The van der Waals surface area contributed by atoms with Crippen LogP contribution in [0.2, 0.25) is 0 Å². The van der Waals surface area contributed by atoms with E-state index in [-0.39, 0.29) is 0 Å². The molecule has 1 aromatic heterocycles. The first-order valence-corrected chi connectivity index (χ1v) is 3.68. The monoisotopic (exact) mass is 206 g/mol. The number of alkyl halides is 1. The van der Waals surface area contributed by atoms with E-state index >= 15 is 0 Å². The minimum atomic E-state index is 0.432. The second kappa shape index (κ2) is 3.13. The normalized spacial score (nSPS) is 9.56. The number of rotatable bonds is 1. The highest BCUT2D eigenvalue weighted by atomic mass is 79.9. The van der Waals surface area contributed by atoms with Gasteiger partial charge in [-0.25, -0.2) is 9.97 Å². The first-order valence-electron chi connectivity index (χ1n) is 2.35. The molecule has 1 rings (SSSR count). The van der Waals surface area contributed by atoms with Crippen molar-refractivity contribution in [3.8, 4) is 0 Å². The largest absolute Gasteiger partial charge is 0.240 e. The van der Waals surface area contributed by atoms with Gasteiger partial charge in [0.15, 0.2) is 0 Å². The summed E-state index contributed by atoms with van der Waals surface area (Å²) in [6.07, 6.45) is 1.47. The molecule has 0 aliphatic rings. The SMILES string of the molecule is ClCc1cc(Br)ncn1. The van der Waals surface area contributed by atoms with Crippen LogP contribution >= 0.6 is 27.5 Å². The Morgan fingerprint density at radius 3 is 2.78 bits per heavy atom. The highest BCUT2D eigenvalue weighted by Gasteiger charge is 1.91. The summed E-state index contributed by atoms with van der Waals surface area (Å²) < 4.78 is 0.771. The van der Waals surface area contributed by atoms with Crippen molar-refractivity contribution in [2.24, 2.45) is 0 Å². The molecule has 0 radical (unpaired) electrons. The van der Waals surface area contributed by atoms with Gasteiger partial charge in [0.1, 0.15) is 10.9 Å². The van der Waals surface area contributed by atoms with Crippen LogP contribution in [0, 0.1) is 0 Å². The third kappa shape index (κ3) is 1.91. The topological polar surface area (TPSA) is 25.8 Å². The number of halogens is 2. The van der Waals surface area contributed by atoms with E-state index in [0.717, 1.165) is 10.3 Å². The zero-order valence-corrected chi connectivity index (χ0v) is 6.85. The molecular weight excluding hydrogens is 203 g/mol. The van der Waals surface area contributed by atoms with Crippen LogP contribution < -0.4 is 0 Å². The number of nitrogens with zero attached hydrogens (tertiary/aromatic N) is 2. The highest BCUT2D eigenvalue weighted by Crippen LogP contribution is 2.06. The van der Waals surface area contributed by atoms with E-state index in [9.17, 15) is 0 Å². The van der Waals surface area contributed by atoms with Crippen molar-refractivity contribution >= 4 is 27.5 Å². The maximum atomic E-state index is 5.49. The Labute approximate surface area is 66.4 Å². The Morgan fingerprint density at radius 2 is 2.33 bits per heavy atom. The van der Waals surface area contributed by atoms with Crippen LogP contribution in [0.1, 0.15) is 5.69 Å². The molecule has 0 atom stereocenters. The average Bonchev–Trinajstić information content (AvgIpc) is 1.88. The highest BCUT2D eigenvalue weighted by molar-refractivity contribution is 9.10. The van der Waals surface area contributed by atoms with Crippen molar-refractivity contribution in [1.29, 1.82) is 0 Å². The lowest BCUT2D eigenvalue weighted by Gasteiger charge is -1.91. The van der Waals surface area contributed by atoms with Gasteiger partial charge in [-0.05, 0) is 22.0 Å². The molecule has 1 heterocycles. The zero-order chi connectivity index (χ0) is 6.69. The van der Waals surface area contributed by atoms with Gasteiger partial charge in [-0.3, -0.25) is 0 Å². The van der Waals surface area contributed by atoms with Gasteiger partial charge in [0, 0.05) is 0 Å². The fourth-order valence-corrected chi connectivity index (χ4v) is 0.945. The molecule has 48 valence electrons.